The van der Waals surface area contributed by atoms with Gasteiger partial charge in [-0.25, -0.2) is 0 Å². The van der Waals surface area contributed by atoms with Gasteiger partial charge in [-0.1, -0.05) is 32.6 Å². The second kappa shape index (κ2) is 6.05. The third-order valence-corrected chi connectivity index (χ3v) is 3.07. The third-order valence-electron chi connectivity index (χ3n) is 3.07. The minimum absolute atomic E-state index is 0.117. The molecule has 0 aromatic heterocycles. The SMILES string of the molecule is CCC[C@H](OC(C)=O)C1CCCCC1. The summed E-state index contributed by atoms with van der Waals surface area (Å²) in [6, 6.07) is 0. The van der Waals surface area contributed by atoms with Gasteiger partial charge in [0.25, 0.3) is 0 Å². The van der Waals surface area contributed by atoms with E-state index in [1.807, 2.05) is 0 Å². The summed E-state index contributed by atoms with van der Waals surface area (Å²) in [5.41, 5.74) is 0. The minimum Gasteiger partial charge on any atom is -0.462 e. The van der Waals surface area contributed by atoms with Crippen LogP contribution in [-0.4, -0.2) is 12.1 Å². The highest BCUT2D eigenvalue weighted by molar-refractivity contribution is 5.66. The molecule has 0 aromatic rings. The van der Waals surface area contributed by atoms with E-state index in [0.717, 1.165) is 12.8 Å². The van der Waals surface area contributed by atoms with Gasteiger partial charge in [0, 0.05) is 6.92 Å². The zero-order valence-electron chi connectivity index (χ0n) is 9.42. The van der Waals surface area contributed by atoms with Crippen molar-refractivity contribution >= 4 is 5.97 Å². The van der Waals surface area contributed by atoms with Crippen LogP contribution in [0.25, 0.3) is 0 Å². The van der Waals surface area contributed by atoms with Crippen LogP contribution < -0.4 is 0 Å². The van der Waals surface area contributed by atoms with Crippen LogP contribution in [0.3, 0.4) is 0 Å². The molecule has 0 aliphatic heterocycles. The maximum atomic E-state index is 10.9. The molecule has 1 aliphatic rings. The van der Waals surface area contributed by atoms with E-state index in [9.17, 15) is 4.79 Å². The van der Waals surface area contributed by atoms with E-state index in [1.54, 1.807) is 0 Å². The highest BCUT2D eigenvalue weighted by Gasteiger charge is 2.24. The number of esters is 1. The van der Waals surface area contributed by atoms with Gasteiger partial charge in [0.15, 0.2) is 0 Å². The maximum absolute atomic E-state index is 10.9. The monoisotopic (exact) mass is 198 g/mol. The maximum Gasteiger partial charge on any atom is 0.302 e. The van der Waals surface area contributed by atoms with Crippen LogP contribution in [0.5, 0.6) is 0 Å². The Balaban J connectivity index is 2.42. The van der Waals surface area contributed by atoms with Crippen LogP contribution in [-0.2, 0) is 9.53 Å². The van der Waals surface area contributed by atoms with Gasteiger partial charge >= 0.3 is 5.97 Å². The quantitative estimate of drug-likeness (QED) is 0.648. The first kappa shape index (κ1) is 11.5. The van der Waals surface area contributed by atoms with Crippen molar-refractivity contribution < 1.29 is 9.53 Å². The van der Waals surface area contributed by atoms with Gasteiger partial charge < -0.3 is 4.74 Å². The van der Waals surface area contributed by atoms with Crippen molar-refractivity contribution in [2.75, 3.05) is 0 Å². The van der Waals surface area contributed by atoms with Gasteiger partial charge in [0.05, 0.1) is 0 Å². The molecule has 1 atom stereocenters. The molecule has 14 heavy (non-hydrogen) atoms. The first-order chi connectivity index (χ1) is 6.74. The lowest BCUT2D eigenvalue weighted by molar-refractivity contribution is -0.150. The minimum atomic E-state index is -0.117. The highest BCUT2D eigenvalue weighted by Crippen LogP contribution is 2.30. The molecule has 0 N–H and O–H groups in total. The molecular weight excluding hydrogens is 176 g/mol. The molecule has 1 rings (SSSR count). The van der Waals surface area contributed by atoms with Crippen molar-refractivity contribution in [2.45, 2.75) is 64.9 Å². The summed E-state index contributed by atoms with van der Waals surface area (Å²) in [5.74, 6) is 0.515. The van der Waals surface area contributed by atoms with Crippen LogP contribution in [0.4, 0.5) is 0 Å². The van der Waals surface area contributed by atoms with E-state index in [2.05, 4.69) is 6.92 Å². The van der Waals surface area contributed by atoms with E-state index in [0.29, 0.717) is 5.92 Å². The number of hydrogen-bond acceptors (Lipinski definition) is 2. The Morgan fingerprint density at radius 1 is 1.36 bits per heavy atom. The number of carbonyl (C=O) groups is 1. The van der Waals surface area contributed by atoms with Gasteiger partial charge in [0.2, 0.25) is 0 Å². The van der Waals surface area contributed by atoms with Crippen LogP contribution >= 0.6 is 0 Å². The fourth-order valence-corrected chi connectivity index (χ4v) is 2.39. The molecule has 0 aromatic carbocycles. The van der Waals surface area contributed by atoms with Gasteiger partial charge in [-0.2, -0.15) is 0 Å². The average Bonchev–Trinajstić information content (AvgIpc) is 2.18. The Kier molecular flexibility index (Phi) is 4.99. The molecule has 0 unspecified atom stereocenters. The molecule has 0 bridgehead atoms. The van der Waals surface area contributed by atoms with Gasteiger partial charge in [-0.3, -0.25) is 4.79 Å². The molecule has 0 radical (unpaired) electrons. The number of carbonyl (C=O) groups excluding carboxylic acids is 1. The predicted octanol–water partition coefficient (Wildman–Crippen LogP) is 3.30. The number of hydrogen-bond donors (Lipinski definition) is 0. The van der Waals surface area contributed by atoms with Crippen molar-refractivity contribution in [2.24, 2.45) is 5.92 Å². The fraction of sp³-hybridized carbons (Fsp3) is 0.917. The van der Waals surface area contributed by atoms with Gasteiger partial charge in [0.1, 0.15) is 6.10 Å². The summed E-state index contributed by atoms with van der Waals surface area (Å²) >= 11 is 0. The van der Waals surface area contributed by atoms with E-state index in [-0.39, 0.29) is 12.1 Å². The number of ether oxygens (including phenoxy) is 1. The topological polar surface area (TPSA) is 26.3 Å². The van der Waals surface area contributed by atoms with Crippen molar-refractivity contribution in [3.63, 3.8) is 0 Å². The summed E-state index contributed by atoms with van der Waals surface area (Å²) in [6.45, 7) is 3.67. The summed E-state index contributed by atoms with van der Waals surface area (Å²) in [6.07, 6.45) is 8.81. The second-order valence-corrected chi connectivity index (χ2v) is 4.33. The lowest BCUT2D eigenvalue weighted by atomic mass is 9.84. The molecule has 0 saturated heterocycles. The highest BCUT2D eigenvalue weighted by atomic mass is 16.5. The zero-order valence-corrected chi connectivity index (χ0v) is 9.42. The van der Waals surface area contributed by atoms with Crippen LogP contribution in [0.2, 0.25) is 0 Å². The Morgan fingerprint density at radius 2 is 2.00 bits per heavy atom. The first-order valence-corrected chi connectivity index (χ1v) is 5.91. The summed E-state index contributed by atoms with van der Waals surface area (Å²) in [5, 5.41) is 0. The van der Waals surface area contributed by atoms with Crippen LogP contribution in [0.15, 0.2) is 0 Å². The molecule has 0 spiro atoms. The van der Waals surface area contributed by atoms with E-state index >= 15 is 0 Å². The van der Waals surface area contributed by atoms with Crippen molar-refractivity contribution in [1.82, 2.24) is 0 Å². The molecular formula is C12H22O2. The van der Waals surface area contributed by atoms with Crippen LogP contribution in [0.1, 0.15) is 58.8 Å². The average molecular weight is 198 g/mol. The molecule has 1 aliphatic carbocycles. The van der Waals surface area contributed by atoms with E-state index in [4.69, 9.17) is 4.74 Å². The van der Waals surface area contributed by atoms with Gasteiger partial charge in [-0.05, 0) is 25.2 Å². The fourth-order valence-electron chi connectivity index (χ4n) is 2.39. The van der Waals surface area contributed by atoms with E-state index in [1.165, 1.54) is 39.0 Å². The Bertz CT molecular complexity index is 171. The lowest BCUT2D eigenvalue weighted by Crippen LogP contribution is -2.27. The molecule has 1 fully saturated rings. The normalized spacial score (nSPS) is 20.4. The molecule has 0 amide bonds. The zero-order chi connectivity index (χ0) is 10.4. The smallest absolute Gasteiger partial charge is 0.302 e. The Labute approximate surface area is 87.0 Å². The summed E-state index contributed by atoms with van der Waals surface area (Å²) in [4.78, 5) is 10.9. The molecule has 2 heteroatoms. The predicted molar refractivity (Wildman–Crippen MR) is 57.0 cm³/mol. The largest absolute Gasteiger partial charge is 0.462 e. The summed E-state index contributed by atoms with van der Waals surface area (Å²) < 4.78 is 5.39. The second-order valence-electron chi connectivity index (χ2n) is 4.33. The van der Waals surface area contributed by atoms with Crippen LogP contribution in [0, 0.1) is 5.92 Å². The Morgan fingerprint density at radius 3 is 2.50 bits per heavy atom. The lowest BCUT2D eigenvalue weighted by Gasteiger charge is -2.29. The van der Waals surface area contributed by atoms with Crippen molar-refractivity contribution in [3.8, 4) is 0 Å². The molecule has 0 heterocycles. The third kappa shape index (κ3) is 3.69. The van der Waals surface area contributed by atoms with Crippen molar-refractivity contribution in [3.05, 3.63) is 0 Å². The van der Waals surface area contributed by atoms with Crippen molar-refractivity contribution in [1.29, 1.82) is 0 Å². The molecule has 1 saturated carbocycles. The number of rotatable bonds is 4. The Hall–Kier alpha value is -0.530. The van der Waals surface area contributed by atoms with Gasteiger partial charge in [-0.15, -0.1) is 0 Å². The summed E-state index contributed by atoms with van der Waals surface area (Å²) in [7, 11) is 0. The standard InChI is InChI=1S/C12H22O2/c1-3-7-12(14-10(2)13)11-8-5-4-6-9-11/h11-12H,3-9H2,1-2H3/t12-/m0/s1. The molecule has 2 nitrogen and oxygen atoms in total. The van der Waals surface area contributed by atoms with E-state index < -0.39 is 0 Å². The molecule has 82 valence electrons. The first-order valence-electron chi connectivity index (χ1n) is 5.91.